The van der Waals surface area contributed by atoms with Gasteiger partial charge in [0, 0.05) is 20.1 Å². The lowest BCUT2D eigenvalue weighted by molar-refractivity contribution is -0.0605. The van der Waals surface area contributed by atoms with Gasteiger partial charge in [0.15, 0.2) is 5.96 Å². The van der Waals surface area contributed by atoms with Gasteiger partial charge >= 0.3 is 0 Å². The van der Waals surface area contributed by atoms with Gasteiger partial charge in [-0.15, -0.1) is 24.0 Å². The minimum Gasteiger partial charge on any atom is -0.468 e. The second-order valence-corrected chi connectivity index (χ2v) is 8.09. The lowest BCUT2D eigenvalue weighted by Gasteiger charge is -2.39. The van der Waals surface area contributed by atoms with E-state index in [9.17, 15) is 4.39 Å². The molecule has 0 bridgehead atoms. The Labute approximate surface area is 200 Å². The molecule has 1 aromatic heterocycles. The van der Waals surface area contributed by atoms with Gasteiger partial charge < -0.3 is 19.4 Å². The Bertz CT molecular complexity index is 825. The van der Waals surface area contributed by atoms with Crippen LogP contribution < -0.4 is 5.32 Å². The van der Waals surface area contributed by atoms with Crippen LogP contribution in [-0.4, -0.2) is 61.6 Å². The zero-order valence-corrected chi connectivity index (χ0v) is 20.5. The lowest BCUT2D eigenvalue weighted by Crippen LogP contribution is -2.52. The van der Waals surface area contributed by atoms with Gasteiger partial charge in [-0.2, -0.15) is 0 Å². The van der Waals surface area contributed by atoms with Crippen LogP contribution in [0, 0.1) is 5.82 Å². The summed E-state index contributed by atoms with van der Waals surface area (Å²) in [6.45, 7) is 6.40. The number of likely N-dealkylation sites (tertiary alicyclic amines) is 1. The highest BCUT2D eigenvalue weighted by atomic mass is 127. The first-order valence-electron chi connectivity index (χ1n) is 10.8. The van der Waals surface area contributed by atoms with Gasteiger partial charge in [-0.05, 0) is 62.7 Å². The van der Waals surface area contributed by atoms with Crippen LogP contribution in [0.3, 0.4) is 0 Å². The fourth-order valence-electron chi connectivity index (χ4n) is 4.45. The summed E-state index contributed by atoms with van der Waals surface area (Å²) >= 11 is 0. The van der Waals surface area contributed by atoms with E-state index in [0.29, 0.717) is 6.54 Å². The molecule has 3 unspecified atom stereocenters. The van der Waals surface area contributed by atoms with Crippen molar-refractivity contribution in [2.45, 2.75) is 38.0 Å². The molecule has 0 aliphatic carbocycles. The number of morpholine rings is 1. The zero-order chi connectivity index (χ0) is 20.9. The second-order valence-electron chi connectivity index (χ2n) is 8.09. The van der Waals surface area contributed by atoms with E-state index in [-0.39, 0.29) is 48.0 Å². The number of benzene rings is 1. The van der Waals surface area contributed by atoms with Crippen molar-refractivity contribution < 1.29 is 13.5 Å². The number of guanidine groups is 1. The number of hydrogen-bond acceptors (Lipinski definition) is 4. The molecule has 2 saturated heterocycles. The van der Waals surface area contributed by atoms with Crippen LogP contribution in [0.2, 0.25) is 0 Å². The summed E-state index contributed by atoms with van der Waals surface area (Å²) in [5, 5.41) is 3.56. The number of rotatable bonds is 5. The Balaban J connectivity index is 0.00000272. The van der Waals surface area contributed by atoms with Crippen LogP contribution in [0.4, 0.5) is 4.39 Å². The molecule has 8 heteroatoms. The molecule has 1 N–H and O–H groups in total. The van der Waals surface area contributed by atoms with Crippen LogP contribution in [-0.2, 0) is 4.74 Å². The quantitative estimate of drug-likeness (QED) is 0.349. The van der Waals surface area contributed by atoms with Crippen molar-refractivity contribution in [3.8, 4) is 0 Å². The molecule has 3 atom stereocenters. The maximum atomic E-state index is 13.3. The third-order valence-corrected chi connectivity index (χ3v) is 5.92. The molecule has 2 aromatic rings. The van der Waals surface area contributed by atoms with E-state index >= 15 is 0 Å². The molecular formula is C23H32FIN4O2. The van der Waals surface area contributed by atoms with Gasteiger partial charge in [0.2, 0.25) is 0 Å². The molecule has 3 heterocycles. The van der Waals surface area contributed by atoms with Gasteiger partial charge in [-0.1, -0.05) is 12.1 Å². The minimum absolute atomic E-state index is 0. The highest BCUT2D eigenvalue weighted by Crippen LogP contribution is 2.27. The van der Waals surface area contributed by atoms with E-state index < -0.39 is 0 Å². The monoisotopic (exact) mass is 542 g/mol. The van der Waals surface area contributed by atoms with Crippen molar-refractivity contribution in [3.63, 3.8) is 0 Å². The standard InChI is InChI=1S/C23H31FN4O2.HI/c1-17-15-28(16-22(30-17)18-7-9-19(24)10-8-18)23(25-2)26-14-20(21-6-5-13-29-21)27-11-3-4-12-27;/h5-10,13,17,20,22H,3-4,11-12,14-16H2,1-2H3,(H,25,26);1H. The predicted octanol–water partition coefficient (Wildman–Crippen LogP) is 4.21. The fraction of sp³-hybridized carbons (Fsp3) is 0.522. The number of ether oxygens (including phenoxy) is 1. The smallest absolute Gasteiger partial charge is 0.193 e. The maximum Gasteiger partial charge on any atom is 0.193 e. The SMILES string of the molecule is CN=C(NCC(c1ccco1)N1CCCC1)N1CC(C)OC(c2ccc(F)cc2)C1.I. The molecule has 2 fully saturated rings. The number of hydrogen-bond donors (Lipinski definition) is 1. The molecular weight excluding hydrogens is 510 g/mol. The van der Waals surface area contributed by atoms with E-state index in [1.54, 1.807) is 18.4 Å². The largest absolute Gasteiger partial charge is 0.468 e. The van der Waals surface area contributed by atoms with Gasteiger partial charge in [0.25, 0.3) is 0 Å². The summed E-state index contributed by atoms with van der Waals surface area (Å²) in [7, 11) is 1.81. The second kappa shape index (κ2) is 11.3. The molecule has 4 rings (SSSR count). The molecule has 0 saturated carbocycles. The van der Waals surface area contributed by atoms with Crippen LogP contribution in [0.15, 0.2) is 52.1 Å². The van der Waals surface area contributed by atoms with Crippen molar-refractivity contribution in [3.05, 3.63) is 59.8 Å². The number of nitrogens with zero attached hydrogens (tertiary/aromatic N) is 3. The van der Waals surface area contributed by atoms with Crippen molar-refractivity contribution in [2.75, 3.05) is 39.8 Å². The summed E-state index contributed by atoms with van der Waals surface area (Å²) in [5.74, 6) is 1.61. The number of aliphatic imine (C=N–C) groups is 1. The van der Waals surface area contributed by atoms with Crippen molar-refractivity contribution in [1.29, 1.82) is 0 Å². The average Bonchev–Trinajstić information content (AvgIpc) is 3.46. The first-order chi connectivity index (χ1) is 14.6. The topological polar surface area (TPSA) is 53.2 Å². The molecule has 170 valence electrons. The van der Waals surface area contributed by atoms with E-state index in [1.807, 2.05) is 13.1 Å². The Morgan fingerprint density at radius 2 is 1.94 bits per heavy atom. The highest BCUT2D eigenvalue weighted by molar-refractivity contribution is 14.0. The maximum absolute atomic E-state index is 13.3. The van der Waals surface area contributed by atoms with Gasteiger partial charge in [-0.25, -0.2) is 4.39 Å². The molecule has 0 spiro atoms. The number of halogens is 2. The Morgan fingerprint density at radius 1 is 1.19 bits per heavy atom. The zero-order valence-electron chi connectivity index (χ0n) is 18.2. The predicted molar refractivity (Wildman–Crippen MR) is 130 cm³/mol. The molecule has 31 heavy (non-hydrogen) atoms. The van der Waals surface area contributed by atoms with E-state index in [4.69, 9.17) is 9.15 Å². The lowest BCUT2D eigenvalue weighted by atomic mass is 10.1. The van der Waals surface area contributed by atoms with Gasteiger partial charge in [0.05, 0.1) is 25.0 Å². The van der Waals surface area contributed by atoms with Crippen LogP contribution in [0.5, 0.6) is 0 Å². The summed E-state index contributed by atoms with van der Waals surface area (Å²) in [6.07, 6.45) is 4.13. The third kappa shape index (κ3) is 5.98. The Morgan fingerprint density at radius 3 is 2.58 bits per heavy atom. The fourth-order valence-corrected chi connectivity index (χ4v) is 4.45. The average molecular weight is 542 g/mol. The normalized spacial score (nSPS) is 23.5. The molecule has 2 aliphatic rings. The molecule has 0 radical (unpaired) electrons. The van der Waals surface area contributed by atoms with Gasteiger partial charge in [0.1, 0.15) is 17.7 Å². The third-order valence-electron chi connectivity index (χ3n) is 5.92. The van der Waals surface area contributed by atoms with Gasteiger partial charge in [-0.3, -0.25) is 9.89 Å². The summed E-state index contributed by atoms with van der Waals surface area (Å²) in [5.41, 5.74) is 0.980. The Kier molecular flexibility index (Phi) is 8.74. The van der Waals surface area contributed by atoms with E-state index in [0.717, 1.165) is 43.5 Å². The number of furan rings is 1. The minimum atomic E-state index is -0.233. The molecule has 6 nitrogen and oxygen atoms in total. The molecule has 0 amide bonds. The number of nitrogens with one attached hydrogen (secondary N) is 1. The summed E-state index contributed by atoms with van der Waals surface area (Å²) in [6, 6.07) is 10.8. The van der Waals surface area contributed by atoms with Crippen LogP contribution in [0.1, 0.15) is 43.2 Å². The van der Waals surface area contributed by atoms with Crippen LogP contribution in [0.25, 0.3) is 0 Å². The van der Waals surface area contributed by atoms with E-state index in [2.05, 4.69) is 33.1 Å². The van der Waals surface area contributed by atoms with Crippen molar-refractivity contribution in [1.82, 2.24) is 15.1 Å². The summed E-state index contributed by atoms with van der Waals surface area (Å²) in [4.78, 5) is 9.24. The first-order valence-corrected chi connectivity index (χ1v) is 10.8. The summed E-state index contributed by atoms with van der Waals surface area (Å²) < 4.78 is 25.2. The molecule has 1 aromatic carbocycles. The Hall–Kier alpha value is -1.65. The van der Waals surface area contributed by atoms with E-state index in [1.165, 1.54) is 25.0 Å². The van der Waals surface area contributed by atoms with Crippen molar-refractivity contribution in [2.24, 2.45) is 4.99 Å². The van der Waals surface area contributed by atoms with Crippen molar-refractivity contribution >= 4 is 29.9 Å². The highest BCUT2D eigenvalue weighted by Gasteiger charge is 2.30. The van der Waals surface area contributed by atoms with Crippen LogP contribution >= 0.6 is 24.0 Å². The molecule has 2 aliphatic heterocycles. The first kappa shape index (κ1) is 24.0.